The number of carbonyl (C=O) groups excluding carboxylic acids is 1. The van der Waals surface area contributed by atoms with Gasteiger partial charge in [0.25, 0.3) is 7.82 Å². The lowest BCUT2D eigenvalue weighted by Gasteiger charge is -2.29. The second-order valence-corrected chi connectivity index (χ2v) is 20.6. The molecule has 0 aliphatic rings. The van der Waals surface area contributed by atoms with Crippen molar-refractivity contribution in [2.75, 3.05) is 40.9 Å². The standard InChI is InChI=1S/C52H103N2O6P/c1-6-8-10-12-14-16-18-20-22-24-26-27-28-29-31-33-35-37-39-41-43-45-51(55)50(49-60-61(57,58)59-48-47-54(3,4)5)53-52(56)46-44-42-40-38-36-34-32-30-25-23-21-19-17-15-13-11-9-7-2/h30,32,43,45,50-51,55H,6-29,31,33-42,44,46-49H2,1-5H3,(H-,53,56,57,58)/b32-30-,45-43+. The van der Waals surface area contributed by atoms with Gasteiger partial charge in [0.1, 0.15) is 13.2 Å². The first-order valence-corrected chi connectivity index (χ1v) is 27.7. The van der Waals surface area contributed by atoms with E-state index in [0.717, 1.165) is 51.4 Å². The van der Waals surface area contributed by atoms with Gasteiger partial charge in [-0.15, -0.1) is 0 Å². The monoisotopic (exact) mass is 883 g/mol. The molecule has 0 saturated carbocycles. The summed E-state index contributed by atoms with van der Waals surface area (Å²) in [4.78, 5) is 25.4. The Hall–Kier alpha value is -1.02. The lowest BCUT2D eigenvalue weighted by atomic mass is 10.0. The van der Waals surface area contributed by atoms with Crippen molar-refractivity contribution in [3.05, 3.63) is 24.3 Å². The first-order valence-electron chi connectivity index (χ1n) is 26.2. The highest BCUT2D eigenvalue weighted by molar-refractivity contribution is 7.45. The maximum atomic E-state index is 12.9. The number of nitrogens with zero attached hydrogens (tertiary/aromatic N) is 1. The number of rotatable bonds is 48. The quantitative estimate of drug-likeness (QED) is 0.0273. The smallest absolute Gasteiger partial charge is 0.268 e. The molecule has 3 unspecified atom stereocenters. The summed E-state index contributed by atoms with van der Waals surface area (Å²) in [5.41, 5.74) is 0. The number of hydrogen-bond acceptors (Lipinski definition) is 6. The number of unbranched alkanes of at least 4 members (excludes halogenated alkanes) is 33. The summed E-state index contributed by atoms with van der Waals surface area (Å²) in [6.45, 7) is 4.67. The number of likely N-dealkylation sites (N-methyl/N-ethyl adjacent to an activating group) is 1. The van der Waals surface area contributed by atoms with Crippen LogP contribution in [0.1, 0.15) is 251 Å². The van der Waals surface area contributed by atoms with Crippen molar-refractivity contribution in [1.29, 1.82) is 0 Å². The van der Waals surface area contributed by atoms with E-state index in [4.69, 9.17) is 9.05 Å². The number of nitrogens with one attached hydrogen (secondary N) is 1. The maximum absolute atomic E-state index is 12.9. The van der Waals surface area contributed by atoms with Crippen LogP contribution in [0.2, 0.25) is 0 Å². The van der Waals surface area contributed by atoms with Crippen LogP contribution in [-0.4, -0.2) is 68.5 Å². The molecular weight excluding hydrogens is 780 g/mol. The van der Waals surface area contributed by atoms with Crippen LogP contribution in [0, 0.1) is 0 Å². The van der Waals surface area contributed by atoms with Crippen molar-refractivity contribution < 1.29 is 32.9 Å². The Morgan fingerprint density at radius 3 is 1.28 bits per heavy atom. The molecule has 362 valence electrons. The van der Waals surface area contributed by atoms with E-state index in [1.807, 2.05) is 27.2 Å². The molecule has 0 radical (unpaired) electrons. The van der Waals surface area contributed by atoms with Crippen LogP contribution in [0.15, 0.2) is 24.3 Å². The van der Waals surface area contributed by atoms with Crippen LogP contribution in [0.25, 0.3) is 0 Å². The molecule has 0 aromatic heterocycles. The zero-order valence-electron chi connectivity index (χ0n) is 41.1. The van der Waals surface area contributed by atoms with Gasteiger partial charge in [-0.3, -0.25) is 9.36 Å². The molecule has 0 saturated heterocycles. The molecule has 0 aliphatic carbocycles. The van der Waals surface area contributed by atoms with Crippen molar-refractivity contribution >= 4 is 13.7 Å². The minimum atomic E-state index is -4.59. The van der Waals surface area contributed by atoms with Gasteiger partial charge in [0, 0.05) is 6.42 Å². The van der Waals surface area contributed by atoms with Crippen molar-refractivity contribution in [2.45, 2.75) is 264 Å². The zero-order valence-corrected chi connectivity index (χ0v) is 42.0. The minimum absolute atomic E-state index is 0.00115. The predicted molar refractivity (Wildman–Crippen MR) is 261 cm³/mol. The lowest BCUT2D eigenvalue weighted by Crippen LogP contribution is -2.45. The molecule has 61 heavy (non-hydrogen) atoms. The van der Waals surface area contributed by atoms with Gasteiger partial charge in [-0.1, -0.05) is 224 Å². The normalized spacial score (nSPS) is 14.3. The summed E-state index contributed by atoms with van der Waals surface area (Å²) >= 11 is 0. The Labute approximate surface area is 379 Å². The number of aliphatic hydroxyl groups is 1. The van der Waals surface area contributed by atoms with Gasteiger partial charge < -0.3 is 28.8 Å². The Balaban J connectivity index is 4.30. The van der Waals surface area contributed by atoms with E-state index in [0.29, 0.717) is 17.4 Å². The highest BCUT2D eigenvalue weighted by Crippen LogP contribution is 2.38. The molecule has 0 aliphatic heterocycles. The zero-order chi connectivity index (χ0) is 45.0. The third-order valence-electron chi connectivity index (χ3n) is 11.9. The molecule has 0 spiro atoms. The van der Waals surface area contributed by atoms with E-state index in [-0.39, 0.29) is 19.1 Å². The third kappa shape index (κ3) is 46.8. The third-order valence-corrected chi connectivity index (χ3v) is 12.9. The fraction of sp³-hybridized carbons (Fsp3) is 0.904. The number of phosphoric acid groups is 1. The van der Waals surface area contributed by atoms with Crippen LogP contribution in [0.4, 0.5) is 0 Å². The lowest BCUT2D eigenvalue weighted by molar-refractivity contribution is -0.870. The Kier molecular flexibility index (Phi) is 43.5. The molecule has 0 fully saturated rings. The number of allylic oxidation sites excluding steroid dienone is 3. The van der Waals surface area contributed by atoms with Crippen LogP contribution >= 0.6 is 7.82 Å². The summed E-state index contributed by atoms with van der Waals surface area (Å²) in [6, 6.07) is -0.888. The number of amides is 1. The molecular formula is C52H103N2O6P. The van der Waals surface area contributed by atoms with Gasteiger partial charge >= 0.3 is 0 Å². The average molecular weight is 883 g/mol. The molecule has 0 aromatic rings. The summed E-state index contributed by atoms with van der Waals surface area (Å²) in [6.07, 6.45) is 53.7. The topological polar surface area (TPSA) is 108 Å². The number of phosphoric ester groups is 1. The largest absolute Gasteiger partial charge is 0.756 e. The minimum Gasteiger partial charge on any atom is -0.756 e. The Morgan fingerprint density at radius 1 is 0.557 bits per heavy atom. The molecule has 0 heterocycles. The fourth-order valence-corrected chi connectivity index (χ4v) is 8.46. The summed E-state index contributed by atoms with van der Waals surface area (Å²) < 4.78 is 23.3. The number of quaternary nitrogens is 1. The second-order valence-electron chi connectivity index (χ2n) is 19.2. The van der Waals surface area contributed by atoms with Gasteiger partial charge in [0.15, 0.2) is 0 Å². The van der Waals surface area contributed by atoms with E-state index in [1.165, 1.54) is 180 Å². The highest BCUT2D eigenvalue weighted by atomic mass is 31.2. The number of aliphatic hydroxyl groups excluding tert-OH is 1. The van der Waals surface area contributed by atoms with Gasteiger partial charge in [-0.25, -0.2) is 0 Å². The van der Waals surface area contributed by atoms with E-state index in [2.05, 4.69) is 31.3 Å². The molecule has 0 rings (SSSR count). The number of carbonyl (C=O) groups is 1. The summed E-state index contributed by atoms with van der Waals surface area (Å²) in [5, 5.41) is 13.8. The van der Waals surface area contributed by atoms with E-state index in [9.17, 15) is 19.4 Å². The summed E-state index contributed by atoms with van der Waals surface area (Å²) in [5.74, 6) is -0.203. The number of hydrogen-bond donors (Lipinski definition) is 2. The van der Waals surface area contributed by atoms with Crippen LogP contribution in [-0.2, 0) is 18.4 Å². The molecule has 3 atom stereocenters. The second kappa shape index (κ2) is 44.2. The fourth-order valence-electron chi connectivity index (χ4n) is 7.74. The Bertz CT molecular complexity index is 1050. The first kappa shape index (κ1) is 60.0. The van der Waals surface area contributed by atoms with Crippen LogP contribution in [0.3, 0.4) is 0 Å². The molecule has 0 bridgehead atoms. The predicted octanol–water partition coefficient (Wildman–Crippen LogP) is 14.6. The van der Waals surface area contributed by atoms with Crippen LogP contribution < -0.4 is 10.2 Å². The summed E-state index contributed by atoms with van der Waals surface area (Å²) in [7, 11) is 1.26. The SMILES string of the molecule is CCCCCCCCCCC/C=C\CCCCCCCC(=O)NC(COP(=O)([O-])OCC[N+](C)(C)C)C(O)/C=C/CCCCCCCCCCCCCCCCCCCCC. The highest BCUT2D eigenvalue weighted by Gasteiger charge is 2.23. The van der Waals surface area contributed by atoms with Gasteiger partial charge in [-0.2, -0.15) is 0 Å². The first-order chi connectivity index (χ1) is 29.5. The van der Waals surface area contributed by atoms with Gasteiger partial charge in [-0.05, 0) is 44.9 Å². The van der Waals surface area contributed by atoms with Crippen LogP contribution in [0.5, 0.6) is 0 Å². The van der Waals surface area contributed by atoms with Crippen molar-refractivity contribution in [2.24, 2.45) is 0 Å². The van der Waals surface area contributed by atoms with Crippen molar-refractivity contribution in [3.8, 4) is 0 Å². The average Bonchev–Trinajstić information content (AvgIpc) is 3.21. The van der Waals surface area contributed by atoms with E-state index in [1.54, 1.807) is 6.08 Å². The Morgan fingerprint density at radius 2 is 0.902 bits per heavy atom. The van der Waals surface area contributed by atoms with Crippen molar-refractivity contribution in [1.82, 2.24) is 5.32 Å². The van der Waals surface area contributed by atoms with E-state index < -0.39 is 20.0 Å². The van der Waals surface area contributed by atoms with Gasteiger partial charge in [0.2, 0.25) is 5.91 Å². The molecule has 0 aromatic carbocycles. The van der Waals surface area contributed by atoms with E-state index >= 15 is 0 Å². The molecule has 2 N–H and O–H groups in total. The van der Waals surface area contributed by atoms with Gasteiger partial charge in [0.05, 0.1) is 39.9 Å². The molecule has 8 nitrogen and oxygen atoms in total. The maximum Gasteiger partial charge on any atom is 0.268 e. The molecule has 9 heteroatoms. The van der Waals surface area contributed by atoms with Crippen molar-refractivity contribution in [3.63, 3.8) is 0 Å². The molecule has 1 amide bonds.